The smallest absolute Gasteiger partial charge is 0.390 e. The van der Waals surface area contributed by atoms with Gasteiger partial charge in [-0.1, -0.05) is 19.3 Å². The molecule has 0 aliphatic heterocycles. The van der Waals surface area contributed by atoms with Gasteiger partial charge in [-0.15, -0.1) is 0 Å². The molecule has 0 heterocycles. The lowest BCUT2D eigenvalue weighted by atomic mass is 9.87. The van der Waals surface area contributed by atoms with E-state index in [1.807, 2.05) is 0 Å². The van der Waals surface area contributed by atoms with Crippen LogP contribution in [0.3, 0.4) is 0 Å². The summed E-state index contributed by atoms with van der Waals surface area (Å²) < 4.78 is 42.4. The maximum Gasteiger partial charge on any atom is 0.390 e. The molecule has 0 aromatic rings. The maximum atomic E-state index is 12.4. The summed E-state index contributed by atoms with van der Waals surface area (Å²) in [5, 5.41) is 8.95. The molecule has 0 saturated heterocycles. The Morgan fingerprint density at radius 2 is 1.83 bits per heavy atom. The number of carboxylic acids is 1. The summed E-state index contributed by atoms with van der Waals surface area (Å²) in [7, 11) is 0. The molecule has 1 N–H and O–H groups in total. The third-order valence-corrected chi connectivity index (χ3v) is 3.30. The van der Waals surface area contributed by atoms with Crippen molar-refractivity contribution in [1.82, 2.24) is 0 Å². The number of rotatable bonds is 5. The Balaban J connectivity index is 2.53. The summed E-state index contributed by atoms with van der Waals surface area (Å²) in [6, 6.07) is 0. The predicted octanol–water partition coefficient (Wildman–Crippen LogP) is 3.38. The van der Waals surface area contributed by atoms with Crippen LogP contribution in [0.15, 0.2) is 0 Å². The first-order chi connectivity index (χ1) is 8.23. The number of carbonyl (C=O) groups is 1. The van der Waals surface area contributed by atoms with Crippen molar-refractivity contribution in [3.05, 3.63) is 0 Å². The molecule has 1 saturated carbocycles. The van der Waals surface area contributed by atoms with Crippen molar-refractivity contribution < 1.29 is 27.8 Å². The second kappa shape index (κ2) is 5.91. The Hall–Kier alpha value is -0.780. The SMILES string of the molecule is CC(COC1CCCCC1)(CC(F)(F)F)C(=O)O. The number of hydrogen-bond donors (Lipinski definition) is 1. The Bertz CT molecular complexity index is 285. The summed E-state index contributed by atoms with van der Waals surface area (Å²) in [6.45, 7) is 0.707. The second-order valence-corrected chi connectivity index (χ2v) is 5.23. The minimum atomic E-state index is -4.50. The molecular weight excluding hydrogens is 249 g/mol. The third-order valence-electron chi connectivity index (χ3n) is 3.30. The second-order valence-electron chi connectivity index (χ2n) is 5.23. The fourth-order valence-corrected chi connectivity index (χ4v) is 2.16. The fraction of sp³-hybridized carbons (Fsp3) is 0.917. The summed E-state index contributed by atoms with van der Waals surface area (Å²) in [5.74, 6) is -1.46. The Kier molecular flexibility index (Phi) is 5.01. The highest BCUT2D eigenvalue weighted by Crippen LogP contribution is 2.35. The molecule has 1 atom stereocenters. The molecule has 6 heteroatoms. The van der Waals surface area contributed by atoms with Crippen molar-refractivity contribution in [1.29, 1.82) is 0 Å². The molecule has 0 aromatic carbocycles. The molecule has 18 heavy (non-hydrogen) atoms. The van der Waals surface area contributed by atoms with Gasteiger partial charge in [0.1, 0.15) is 0 Å². The predicted molar refractivity (Wildman–Crippen MR) is 59.2 cm³/mol. The quantitative estimate of drug-likeness (QED) is 0.831. The Morgan fingerprint density at radius 1 is 1.28 bits per heavy atom. The monoisotopic (exact) mass is 268 g/mol. The molecule has 0 radical (unpaired) electrons. The van der Waals surface area contributed by atoms with E-state index in [0.29, 0.717) is 0 Å². The summed E-state index contributed by atoms with van der Waals surface area (Å²) in [5.41, 5.74) is -1.89. The third kappa shape index (κ3) is 4.84. The van der Waals surface area contributed by atoms with Crippen molar-refractivity contribution >= 4 is 5.97 Å². The average molecular weight is 268 g/mol. The Labute approximate surface area is 104 Å². The van der Waals surface area contributed by atoms with Gasteiger partial charge < -0.3 is 9.84 Å². The van der Waals surface area contributed by atoms with Crippen LogP contribution in [0.4, 0.5) is 13.2 Å². The van der Waals surface area contributed by atoms with Crippen LogP contribution in [0, 0.1) is 5.41 Å². The van der Waals surface area contributed by atoms with E-state index < -0.39 is 24.0 Å². The molecule has 3 nitrogen and oxygen atoms in total. The van der Waals surface area contributed by atoms with Crippen molar-refractivity contribution in [2.75, 3.05) is 6.61 Å². The standard InChI is InChI=1S/C12H19F3O3/c1-11(10(16)17,7-12(13,14)15)8-18-9-5-3-2-4-6-9/h9H,2-8H2,1H3,(H,16,17). The van der Waals surface area contributed by atoms with Gasteiger partial charge in [-0.3, -0.25) is 4.79 Å². The van der Waals surface area contributed by atoms with E-state index in [9.17, 15) is 18.0 Å². The zero-order valence-electron chi connectivity index (χ0n) is 10.4. The van der Waals surface area contributed by atoms with Gasteiger partial charge in [0.15, 0.2) is 0 Å². The summed E-state index contributed by atoms with van der Waals surface area (Å²) in [4.78, 5) is 11.0. The highest BCUT2D eigenvalue weighted by molar-refractivity contribution is 5.74. The molecule has 1 fully saturated rings. The molecule has 1 aliphatic rings. The van der Waals surface area contributed by atoms with Crippen LogP contribution in [0.2, 0.25) is 0 Å². The zero-order valence-corrected chi connectivity index (χ0v) is 10.4. The lowest BCUT2D eigenvalue weighted by Crippen LogP contribution is -2.39. The highest BCUT2D eigenvalue weighted by Gasteiger charge is 2.45. The lowest BCUT2D eigenvalue weighted by Gasteiger charge is -2.29. The first kappa shape index (κ1) is 15.3. The number of alkyl halides is 3. The highest BCUT2D eigenvalue weighted by atomic mass is 19.4. The van der Waals surface area contributed by atoms with E-state index in [1.165, 1.54) is 0 Å². The van der Waals surface area contributed by atoms with Crippen LogP contribution in [0.5, 0.6) is 0 Å². The van der Waals surface area contributed by atoms with Gasteiger partial charge in [-0.05, 0) is 19.8 Å². The van der Waals surface area contributed by atoms with Crippen LogP contribution in [0.25, 0.3) is 0 Å². The van der Waals surface area contributed by atoms with Gasteiger partial charge in [0.2, 0.25) is 0 Å². The molecule has 0 aromatic heterocycles. The van der Waals surface area contributed by atoms with Crippen molar-refractivity contribution in [2.45, 2.75) is 57.7 Å². The maximum absolute atomic E-state index is 12.4. The molecule has 0 amide bonds. The first-order valence-electron chi connectivity index (χ1n) is 6.15. The van der Waals surface area contributed by atoms with Gasteiger partial charge >= 0.3 is 12.1 Å². The van der Waals surface area contributed by atoms with E-state index in [2.05, 4.69) is 0 Å². The molecule has 0 bridgehead atoms. The van der Waals surface area contributed by atoms with Gasteiger partial charge in [-0.25, -0.2) is 0 Å². The summed E-state index contributed by atoms with van der Waals surface area (Å²) >= 11 is 0. The van der Waals surface area contributed by atoms with Gasteiger partial charge in [0.05, 0.1) is 24.5 Å². The van der Waals surface area contributed by atoms with E-state index in [-0.39, 0.29) is 12.7 Å². The lowest BCUT2D eigenvalue weighted by molar-refractivity contribution is -0.186. The van der Waals surface area contributed by atoms with E-state index in [1.54, 1.807) is 0 Å². The molecule has 0 spiro atoms. The minimum Gasteiger partial charge on any atom is -0.481 e. The van der Waals surface area contributed by atoms with Crippen molar-refractivity contribution in [2.24, 2.45) is 5.41 Å². The molecular formula is C12H19F3O3. The minimum absolute atomic E-state index is 0.0920. The molecule has 1 unspecified atom stereocenters. The fourth-order valence-electron chi connectivity index (χ4n) is 2.16. The summed E-state index contributed by atoms with van der Waals surface area (Å²) in [6.07, 6.45) is -1.24. The number of hydrogen-bond acceptors (Lipinski definition) is 2. The van der Waals surface area contributed by atoms with Crippen LogP contribution in [-0.4, -0.2) is 30.0 Å². The number of ether oxygens (including phenoxy) is 1. The van der Waals surface area contributed by atoms with Gasteiger partial charge in [0.25, 0.3) is 0 Å². The van der Waals surface area contributed by atoms with Crippen molar-refractivity contribution in [3.8, 4) is 0 Å². The van der Waals surface area contributed by atoms with E-state index in [0.717, 1.165) is 39.0 Å². The average Bonchev–Trinajstić information content (AvgIpc) is 2.25. The number of halogens is 3. The van der Waals surface area contributed by atoms with Crippen molar-refractivity contribution in [3.63, 3.8) is 0 Å². The topological polar surface area (TPSA) is 46.5 Å². The normalized spacial score (nSPS) is 21.6. The Morgan fingerprint density at radius 3 is 2.28 bits per heavy atom. The van der Waals surface area contributed by atoms with E-state index in [4.69, 9.17) is 9.84 Å². The van der Waals surface area contributed by atoms with Crippen LogP contribution in [-0.2, 0) is 9.53 Å². The van der Waals surface area contributed by atoms with Gasteiger partial charge in [-0.2, -0.15) is 13.2 Å². The number of carboxylic acid groups (broad SMARTS) is 1. The molecule has 1 rings (SSSR count). The zero-order chi connectivity index (χ0) is 13.8. The largest absolute Gasteiger partial charge is 0.481 e. The van der Waals surface area contributed by atoms with Crippen LogP contribution >= 0.6 is 0 Å². The number of aliphatic carboxylic acids is 1. The van der Waals surface area contributed by atoms with Crippen LogP contribution < -0.4 is 0 Å². The van der Waals surface area contributed by atoms with Crippen LogP contribution in [0.1, 0.15) is 45.4 Å². The first-order valence-corrected chi connectivity index (χ1v) is 6.15. The van der Waals surface area contributed by atoms with E-state index >= 15 is 0 Å². The van der Waals surface area contributed by atoms with Gasteiger partial charge in [0, 0.05) is 0 Å². The molecule has 106 valence electrons. The molecule has 1 aliphatic carbocycles.